The summed E-state index contributed by atoms with van der Waals surface area (Å²) in [5.74, 6) is 0.480. The van der Waals surface area contributed by atoms with Gasteiger partial charge >= 0.3 is 5.97 Å². The van der Waals surface area contributed by atoms with Gasteiger partial charge in [-0.2, -0.15) is 0 Å². The molecule has 1 aliphatic carbocycles. The van der Waals surface area contributed by atoms with Crippen LogP contribution >= 0.6 is 0 Å². The molecule has 0 amide bonds. The molecule has 13 heavy (non-hydrogen) atoms. The van der Waals surface area contributed by atoms with Gasteiger partial charge in [-0.25, -0.2) is 0 Å². The van der Waals surface area contributed by atoms with E-state index in [4.69, 9.17) is 10.5 Å². The second-order valence-corrected chi connectivity index (χ2v) is 4.05. The number of ether oxygens (including phenoxy) is 1. The lowest BCUT2D eigenvalue weighted by atomic mass is 10.1. The molecule has 1 aliphatic rings. The molecule has 3 nitrogen and oxygen atoms in total. The Kier molecular flexibility index (Phi) is 3.72. The van der Waals surface area contributed by atoms with Crippen LogP contribution in [0.15, 0.2) is 0 Å². The van der Waals surface area contributed by atoms with Gasteiger partial charge in [-0.05, 0) is 19.3 Å². The van der Waals surface area contributed by atoms with Crippen molar-refractivity contribution in [2.75, 3.05) is 6.61 Å². The Hall–Kier alpha value is -0.570. The van der Waals surface area contributed by atoms with Crippen molar-refractivity contribution in [1.82, 2.24) is 0 Å². The van der Waals surface area contributed by atoms with E-state index in [0.29, 0.717) is 6.61 Å². The summed E-state index contributed by atoms with van der Waals surface area (Å²) in [6, 6.07) is -0.117. The molecule has 0 spiro atoms. The summed E-state index contributed by atoms with van der Waals surface area (Å²) in [5.41, 5.74) is 5.58. The molecule has 0 aliphatic heterocycles. The molecular weight excluding hydrogens is 166 g/mol. The standard InChI is InChI=1S/C10H19NO2/c1-7(8(2)11)10(12)13-6-5-9-3-4-9/h7-9H,3-6,11H2,1-2H3. The van der Waals surface area contributed by atoms with Gasteiger partial charge in [-0.1, -0.05) is 19.8 Å². The monoisotopic (exact) mass is 185 g/mol. The summed E-state index contributed by atoms with van der Waals surface area (Å²) in [5, 5.41) is 0. The van der Waals surface area contributed by atoms with E-state index >= 15 is 0 Å². The van der Waals surface area contributed by atoms with Gasteiger partial charge in [0.25, 0.3) is 0 Å². The number of hydrogen-bond donors (Lipinski definition) is 1. The maximum Gasteiger partial charge on any atom is 0.310 e. The van der Waals surface area contributed by atoms with Gasteiger partial charge in [-0.3, -0.25) is 4.79 Å². The number of nitrogens with two attached hydrogens (primary N) is 1. The average Bonchev–Trinajstić information content (AvgIpc) is 2.86. The van der Waals surface area contributed by atoms with Crippen LogP contribution in [0, 0.1) is 11.8 Å². The zero-order chi connectivity index (χ0) is 9.84. The lowest BCUT2D eigenvalue weighted by molar-refractivity contribution is -0.148. The second kappa shape index (κ2) is 4.61. The molecule has 2 atom stereocenters. The third-order valence-electron chi connectivity index (χ3n) is 2.63. The number of carbonyl (C=O) groups excluding carboxylic acids is 1. The minimum absolute atomic E-state index is 0.117. The van der Waals surface area contributed by atoms with Crippen molar-refractivity contribution in [3.63, 3.8) is 0 Å². The van der Waals surface area contributed by atoms with E-state index in [9.17, 15) is 4.79 Å². The number of carbonyl (C=O) groups is 1. The van der Waals surface area contributed by atoms with Crippen LogP contribution in [0.3, 0.4) is 0 Å². The van der Waals surface area contributed by atoms with Crippen molar-refractivity contribution >= 4 is 5.97 Å². The molecule has 3 heteroatoms. The van der Waals surface area contributed by atoms with Crippen LogP contribution in [0.2, 0.25) is 0 Å². The summed E-state index contributed by atoms with van der Waals surface area (Å²) < 4.78 is 5.10. The first-order chi connectivity index (χ1) is 6.11. The van der Waals surface area contributed by atoms with E-state index in [1.807, 2.05) is 13.8 Å². The van der Waals surface area contributed by atoms with Gasteiger partial charge in [-0.15, -0.1) is 0 Å². The Morgan fingerprint density at radius 1 is 1.54 bits per heavy atom. The van der Waals surface area contributed by atoms with Crippen molar-refractivity contribution in [3.8, 4) is 0 Å². The summed E-state index contributed by atoms with van der Waals surface area (Å²) in [4.78, 5) is 11.3. The van der Waals surface area contributed by atoms with Gasteiger partial charge in [0.1, 0.15) is 0 Å². The average molecular weight is 185 g/mol. The molecule has 0 radical (unpaired) electrons. The smallest absolute Gasteiger partial charge is 0.310 e. The van der Waals surface area contributed by atoms with Gasteiger partial charge in [0.2, 0.25) is 0 Å². The highest BCUT2D eigenvalue weighted by molar-refractivity contribution is 5.72. The minimum atomic E-state index is -0.181. The van der Waals surface area contributed by atoms with Crippen molar-refractivity contribution in [3.05, 3.63) is 0 Å². The van der Waals surface area contributed by atoms with Crippen LogP contribution in [0.4, 0.5) is 0 Å². The van der Waals surface area contributed by atoms with Gasteiger partial charge in [0, 0.05) is 6.04 Å². The summed E-state index contributed by atoms with van der Waals surface area (Å²) in [7, 11) is 0. The lowest BCUT2D eigenvalue weighted by Crippen LogP contribution is -2.32. The van der Waals surface area contributed by atoms with E-state index < -0.39 is 0 Å². The third-order valence-corrected chi connectivity index (χ3v) is 2.63. The maximum atomic E-state index is 11.3. The minimum Gasteiger partial charge on any atom is -0.465 e. The molecule has 0 aromatic carbocycles. The van der Waals surface area contributed by atoms with Crippen LogP contribution < -0.4 is 5.73 Å². The van der Waals surface area contributed by atoms with Crippen molar-refractivity contribution < 1.29 is 9.53 Å². The van der Waals surface area contributed by atoms with Crippen molar-refractivity contribution in [2.24, 2.45) is 17.6 Å². The molecule has 0 heterocycles. The Balaban J connectivity index is 2.08. The molecule has 2 N–H and O–H groups in total. The normalized spacial score (nSPS) is 20.8. The van der Waals surface area contributed by atoms with Crippen LogP contribution in [-0.2, 0) is 9.53 Å². The van der Waals surface area contributed by atoms with Gasteiger partial charge < -0.3 is 10.5 Å². The molecule has 1 saturated carbocycles. The summed E-state index contributed by atoms with van der Waals surface area (Å²) in [6.07, 6.45) is 3.64. The number of rotatable bonds is 5. The molecule has 76 valence electrons. The number of esters is 1. The predicted octanol–water partition coefficient (Wildman–Crippen LogP) is 1.31. The van der Waals surface area contributed by atoms with E-state index in [-0.39, 0.29) is 17.9 Å². The van der Waals surface area contributed by atoms with E-state index in [0.717, 1.165) is 12.3 Å². The molecule has 0 aromatic rings. The summed E-state index contributed by atoms with van der Waals surface area (Å²) >= 11 is 0. The number of hydrogen-bond acceptors (Lipinski definition) is 3. The second-order valence-electron chi connectivity index (χ2n) is 4.05. The Bertz CT molecular complexity index is 176. The van der Waals surface area contributed by atoms with E-state index in [1.165, 1.54) is 12.8 Å². The SMILES string of the molecule is CC(N)C(C)C(=O)OCCC1CC1. The van der Waals surface area contributed by atoms with Crippen LogP contribution in [0.1, 0.15) is 33.1 Å². The van der Waals surface area contributed by atoms with Gasteiger partial charge in [0.15, 0.2) is 0 Å². The first-order valence-corrected chi connectivity index (χ1v) is 5.03. The Morgan fingerprint density at radius 3 is 2.62 bits per heavy atom. The Morgan fingerprint density at radius 2 is 2.15 bits per heavy atom. The molecular formula is C10H19NO2. The van der Waals surface area contributed by atoms with Crippen molar-refractivity contribution in [2.45, 2.75) is 39.2 Å². The van der Waals surface area contributed by atoms with Crippen LogP contribution in [0.5, 0.6) is 0 Å². The molecule has 0 bridgehead atoms. The van der Waals surface area contributed by atoms with Crippen LogP contribution in [-0.4, -0.2) is 18.6 Å². The fourth-order valence-electron chi connectivity index (χ4n) is 1.08. The highest BCUT2D eigenvalue weighted by atomic mass is 16.5. The first-order valence-electron chi connectivity index (χ1n) is 5.03. The van der Waals surface area contributed by atoms with Crippen LogP contribution in [0.25, 0.3) is 0 Å². The fourth-order valence-corrected chi connectivity index (χ4v) is 1.08. The largest absolute Gasteiger partial charge is 0.465 e. The van der Waals surface area contributed by atoms with E-state index in [1.54, 1.807) is 0 Å². The molecule has 0 saturated heterocycles. The van der Waals surface area contributed by atoms with Gasteiger partial charge in [0.05, 0.1) is 12.5 Å². The fraction of sp³-hybridized carbons (Fsp3) is 0.900. The zero-order valence-electron chi connectivity index (χ0n) is 8.45. The van der Waals surface area contributed by atoms with Crippen molar-refractivity contribution in [1.29, 1.82) is 0 Å². The quantitative estimate of drug-likeness (QED) is 0.657. The highest BCUT2D eigenvalue weighted by Gasteiger charge is 2.23. The molecule has 1 fully saturated rings. The Labute approximate surface area is 79.6 Å². The molecule has 2 unspecified atom stereocenters. The summed E-state index contributed by atoms with van der Waals surface area (Å²) in [6.45, 7) is 4.21. The van der Waals surface area contributed by atoms with E-state index in [2.05, 4.69) is 0 Å². The highest BCUT2D eigenvalue weighted by Crippen LogP contribution is 2.32. The lowest BCUT2D eigenvalue weighted by Gasteiger charge is -2.14. The first kappa shape index (κ1) is 10.5. The molecule has 1 rings (SSSR count). The topological polar surface area (TPSA) is 52.3 Å². The maximum absolute atomic E-state index is 11.3. The predicted molar refractivity (Wildman–Crippen MR) is 51.1 cm³/mol. The third kappa shape index (κ3) is 3.77. The zero-order valence-corrected chi connectivity index (χ0v) is 8.45. The molecule has 0 aromatic heterocycles.